The maximum Gasteiger partial charge on any atom is 0.132 e. The van der Waals surface area contributed by atoms with E-state index < -0.39 is 0 Å². The predicted octanol–water partition coefficient (Wildman–Crippen LogP) is 8.79. The minimum atomic E-state index is 0.471. The summed E-state index contributed by atoms with van der Waals surface area (Å²) in [5.74, 6) is 0.471. The van der Waals surface area contributed by atoms with Crippen LogP contribution in [0.15, 0.2) is 0 Å². The van der Waals surface area contributed by atoms with Crippen LogP contribution in [0.5, 0.6) is 0 Å². The summed E-state index contributed by atoms with van der Waals surface area (Å²) in [6.45, 7) is 4.38. The molecule has 0 aromatic heterocycles. The molecular formula is C24H48O. The number of carbonyl (C=O) groups is 1. The number of Topliss-reactive ketones (excluding diaryl/α,β-unsaturated/α-hetero) is 1. The second-order valence-electron chi connectivity index (χ2n) is 8.05. The van der Waals surface area contributed by atoms with E-state index in [1.54, 1.807) is 0 Å². The second kappa shape index (κ2) is 21.7. The molecule has 1 heteroatoms. The monoisotopic (exact) mass is 352 g/mol. The first-order valence-electron chi connectivity index (χ1n) is 11.8. The molecule has 150 valence electrons. The Hall–Kier alpha value is -0.330. The van der Waals surface area contributed by atoms with Crippen LogP contribution >= 0.6 is 0 Å². The highest BCUT2D eigenvalue weighted by atomic mass is 16.1. The fourth-order valence-corrected chi connectivity index (χ4v) is 3.63. The molecule has 0 aromatic rings. The van der Waals surface area contributed by atoms with Gasteiger partial charge in [-0.2, -0.15) is 0 Å². The quantitative estimate of drug-likeness (QED) is 0.189. The minimum Gasteiger partial charge on any atom is -0.300 e. The Balaban J connectivity index is 3.02. The zero-order valence-corrected chi connectivity index (χ0v) is 17.8. The van der Waals surface area contributed by atoms with E-state index in [0.29, 0.717) is 5.78 Å². The van der Waals surface area contributed by atoms with Gasteiger partial charge in [-0.05, 0) is 12.8 Å². The van der Waals surface area contributed by atoms with Gasteiger partial charge in [0, 0.05) is 12.8 Å². The Kier molecular flexibility index (Phi) is 21.4. The van der Waals surface area contributed by atoms with E-state index in [9.17, 15) is 4.79 Å². The smallest absolute Gasteiger partial charge is 0.132 e. The first-order valence-corrected chi connectivity index (χ1v) is 11.8. The van der Waals surface area contributed by atoms with Crippen molar-refractivity contribution in [3.8, 4) is 0 Å². The van der Waals surface area contributed by atoms with E-state index >= 15 is 0 Å². The molecule has 0 bridgehead atoms. The summed E-state index contributed by atoms with van der Waals surface area (Å²) >= 11 is 0. The van der Waals surface area contributed by atoms with Gasteiger partial charge in [0.25, 0.3) is 0 Å². The van der Waals surface area contributed by atoms with Gasteiger partial charge in [0.15, 0.2) is 0 Å². The Morgan fingerprint density at radius 2 is 0.720 bits per heavy atom. The van der Waals surface area contributed by atoms with Crippen LogP contribution in [0.2, 0.25) is 0 Å². The number of hydrogen-bond donors (Lipinski definition) is 0. The van der Waals surface area contributed by atoms with Crippen molar-refractivity contribution in [1.82, 2.24) is 0 Å². The van der Waals surface area contributed by atoms with E-state index in [4.69, 9.17) is 0 Å². The first-order chi connectivity index (χ1) is 12.3. The van der Waals surface area contributed by atoms with Crippen molar-refractivity contribution in [3.05, 3.63) is 0 Å². The minimum absolute atomic E-state index is 0.471. The van der Waals surface area contributed by atoms with Crippen LogP contribution in [0.4, 0.5) is 0 Å². The third kappa shape index (κ3) is 21.6. The Morgan fingerprint density at radius 1 is 0.400 bits per heavy atom. The normalized spacial score (nSPS) is 11.1. The van der Waals surface area contributed by atoms with Crippen LogP contribution in [0.25, 0.3) is 0 Å². The molecule has 25 heavy (non-hydrogen) atoms. The Morgan fingerprint density at radius 3 is 1.04 bits per heavy atom. The first kappa shape index (κ1) is 24.7. The number of carbonyl (C=O) groups excluding carboxylic acids is 1. The molecule has 0 atom stereocenters. The molecule has 0 heterocycles. The summed E-state index contributed by atoms with van der Waals surface area (Å²) in [7, 11) is 0. The van der Waals surface area contributed by atoms with Gasteiger partial charge in [-0.1, -0.05) is 123 Å². The van der Waals surface area contributed by atoms with Crippen molar-refractivity contribution in [2.45, 2.75) is 149 Å². The van der Waals surface area contributed by atoms with E-state index in [1.165, 1.54) is 109 Å². The summed E-state index contributed by atoms with van der Waals surface area (Å²) in [5, 5.41) is 0. The highest BCUT2D eigenvalue weighted by Crippen LogP contribution is 2.14. The topological polar surface area (TPSA) is 17.1 Å². The summed E-state index contributed by atoms with van der Waals surface area (Å²) in [6.07, 6.45) is 27.9. The summed E-state index contributed by atoms with van der Waals surface area (Å²) in [4.78, 5) is 11.4. The fourth-order valence-electron chi connectivity index (χ4n) is 3.63. The van der Waals surface area contributed by atoms with Gasteiger partial charge >= 0.3 is 0 Å². The van der Waals surface area contributed by atoms with Gasteiger partial charge in [-0.25, -0.2) is 0 Å². The van der Waals surface area contributed by atoms with Gasteiger partial charge in [0.1, 0.15) is 5.78 Å². The van der Waals surface area contributed by atoms with Crippen LogP contribution in [0.3, 0.4) is 0 Å². The maximum absolute atomic E-state index is 11.4. The SMILES string of the molecule is CCCCCCCCCCCCCCCCCCCCC(=O)CCC. The third-order valence-electron chi connectivity index (χ3n) is 5.34. The average Bonchev–Trinajstić information content (AvgIpc) is 2.61. The van der Waals surface area contributed by atoms with Gasteiger partial charge in [-0.3, -0.25) is 4.79 Å². The molecule has 0 saturated heterocycles. The number of ketones is 1. The van der Waals surface area contributed by atoms with Gasteiger partial charge < -0.3 is 0 Å². The standard InChI is InChI=1S/C24H48O/c1-3-5-6-7-8-9-10-11-12-13-14-15-16-17-18-19-20-21-23-24(25)22-4-2/h3-23H2,1-2H3. The fraction of sp³-hybridized carbons (Fsp3) is 0.958. The summed E-state index contributed by atoms with van der Waals surface area (Å²) < 4.78 is 0. The zero-order valence-electron chi connectivity index (χ0n) is 17.8. The van der Waals surface area contributed by atoms with Crippen LogP contribution < -0.4 is 0 Å². The molecule has 0 unspecified atom stereocenters. The molecule has 0 aliphatic carbocycles. The lowest BCUT2D eigenvalue weighted by atomic mass is 10.0. The van der Waals surface area contributed by atoms with E-state index in [-0.39, 0.29) is 0 Å². The van der Waals surface area contributed by atoms with Gasteiger partial charge in [0.2, 0.25) is 0 Å². The lowest BCUT2D eigenvalue weighted by Gasteiger charge is -2.04. The van der Waals surface area contributed by atoms with Crippen LogP contribution in [-0.2, 0) is 4.79 Å². The van der Waals surface area contributed by atoms with Crippen LogP contribution in [0, 0.1) is 0 Å². The van der Waals surface area contributed by atoms with Crippen molar-refractivity contribution in [1.29, 1.82) is 0 Å². The Labute approximate surface area is 159 Å². The highest BCUT2D eigenvalue weighted by Gasteiger charge is 1.99. The van der Waals surface area contributed by atoms with E-state index in [0.717, 1.165) is 25.7 Å². The second-order valence-corrected chi connectivity index (χ2v) is 8.05. The predicted molar refractivity (Wildman–Crippen MR) is 113 cm³/mol. The average molecular weight is 353 g/mol. The van der Waals surface area contributed by atoms with Crippen molar-refractivity contribution >= 4 is 5.78 Å². The molecule has 0 aliphatic rings. The molecule has 0 N–H and O–H groups in total. The molecule has 0 saturated carbocycles. The number of unbranched alkanes of at least 4 members (excludes halogenated alkanes) is 17. The van der Waals surface area contributed by atoms with Crippen LogP contribution in [-0.4, -0.2) is 5.78 Å². The molecular weight excluding hydrogens is 304 g/mol. The summed E-state index contributed by atoms with van der Waals surface area (Å²) in [5.41, 5.74) is 0. The van der Waals surface area contributed by atoms with Crippen molar-refractivity contribution < 1.29 is 4.79 Å². The third-order valence-corrected chi connectivity index (χ3v) is 5.34. The van der Waals surface area contributed by atoms with Crippen molar-refractivity contribution in [2.24, 2.45) is 0 Å². The van der Waals surface area contributed by atoms with E-state index in [2.05, 4.69) is 13.8 Å². The summed E-state index contributed by atoms with van der Waals surface area (Å²) in [6, 6.07) is 0. The van der Waals surface area contributed by atoms with Crippen LogP contribution in [0.1, 0.15) is 149 Å². The molecule has 1 nitrogen and oxygen atoms in total. The van der Waals surface area contributed by atoms with Crippen molar-refractivity contribution in [3.63, 3.8) is 0 Å². The number of hydrogen-bond acceptors (Lipinski definition) is 1. The molecule has 0 aliphatic heterocycles. The highest BCUT2D eigenvalue weighted by molar-refractivity contribution is 5.78. The zero-order chi connectivity index (χ0) is 18.4. The maximum atomic E-state index is 11.4. The lowest BCUT2D eigenvalue weighted by molar-refractivity contribution is -0.119. The number of rotatable bonds is 21. The van der Waals surface area contributed by atoms with Crippen molar-refractivity contribution in [2.75, 3.05) is 0 Å². The molecule has 0 rings (SSSR count). The lowest BCUT2D eigenvalue weighted by Crippen LogP contribution is -1.96. The van der Waals surface area contributed by atoms with Gasteiger partial charge in [-0.15, -0.1) is 0 Å². The molecule has 0 radical (unpaired) electrons. The largest absolute Gasteiger partial charge is 0.300 e. The van der Waals surface area contributed by atoms with Gasteiger partial charge in [0.05, 0.1) is 0 Å². The van der Waals surface area contributed by atoms with E-state index in [1.807, 2.05) is 0 Å². The molecule has 0 spiro atoms. The Bertz CT molecular complexity index is 259. The molecule has 0 amide bonds. The molecule has 0 fully saturated rings. The molecule has 0 aromatic carbocycles.